The van der Waals surface area contributed by atoms with Crippen LogP contribution in [-0.2, 0) is 4.79 Å². The predicted molar refractivity (Wildman–Crippen MR) is 147 cm³/mol. The van der Waals surface area contributed by atoms with Crippen molar-refractivity contribution in [2.45, 2.75) is 52.6 Å². The van der Waals surface area contributed by atoms with Gasteiger partial charge in [0, 0.05) is 16.7 Å². The second-order valence-corrected chi connectivity index (χ2v) is 10.7. The first kappa shape index (κ1) is 27.9. The molecule has 1 aromatic heterocycles. The number of rotatable bonds is 7. The summed E-state index contributed by atoms with van der Waals surface area (Å²) < 4.78 is 5.73. The van der Waals surface area contributed by atoms with Crippen LogP contribution in [0.1, 0.15) is 59.9 Å². The smallest absolute Gasteiger partial charge is 0.307 e. The standard InChI is InChI=1S/C29H30ClN5O4/c1-17-12-20(8-10-23(17)39-24-13-18(2)33-34-28(24)38)27(37)32-15-26(36)35-22(19-6-5-7-21(30)14-19)9-11-25(35)29(3,4)16-31/h5-8,10,12-14,22,25H,9,11,15H2,1-4H3,(H,32,37)(H,34,38)/t22?,25-/m1/s1. The van der Waals surface area contributed by atoms with Gasteiger partial charge in [-0.1, -0.05) is 23.7 Å². The number of H-pyrrole nitrogens is 1. The van der Waals surface area contributed by atoms with Crippen LogP contribution in [0.3, 0.4) is 0 Å². The van der Waals surface area contributed by atoms with Crippen LogP contribution < -0.4 is 15.6 Å². The molecule has 0 spiro atoms. The number of hydrogen-bond acceptors (Lipinski definition) is 6. The Bertz CT molecular complexity index is 1510. The van der Waals surface area contributed by atoms with E-state index in [1.807, 2.05) is 32.0 Å². The number of carbonyl (C=O) groups excluding carboxylic acids is 2. The Morgan fingerprint density at radius 1 is 1.18 bits per heavy atom. The molecule has 2 aromatic carbocycles. The third kappa shape index (κ3) is 6.13. The number of hydrogen-bond donors (Lipinski definition) is 2. The molecule has 0 bridgehead atoms. The molecule has 0 saturated carbocycles. The normalized spacial score (nSPS) is 17.0. The molecule has 2 N–H and O–H groups in total. The lowest BCUT2D eigenvalue weighted by molar-refractivity contribution is -0.134. The zero-order valence-corrected chi connectivity index (χ0v) is 23.0. The van der Waals surface area contributed by atoms with Gasteiger partial charge >= 0.3 is 5.56 Å². The van der Waals surface area contributed by atoms with E-state index >= 15 is 0 Å². The lowest BCUT2D eigenvalue weighted by Gasteiger charge is -2.36. The summed E-state index contributed by atoms with van der Waals surface area (Å²) in [6.07, 6.45) is 1.36. The maximum absolute atomic E-state index is 13.5. The highest BCUT2D eigenvalue weighted by Crippen LogP contribution is 2.43. The van der Waals surface area contributed by atoms with Gasteiger partial charge in [-0.2, -0.15) is 10.4 Å². The Morgan fingerprint density at radius 3 is 2.64 bits per heavy atom. The molecule has 3 aromatic rings. The molecule has 0 radical (unpaired) electrons. The minimum atomic E-state index is -0.769. The number of nitriles is 1. The predicted octanol–water partition coefficient (Wildman–Crippen LogP) is 4.84. The van der Waals surface area contributed by atoms with Crippen molar-refractivity contribution in [3.05, 3.63) is 86.3 Å². The Kier molecular flexibility index (Phi) is 8.07. The quantitative estimate of drug-likeness (QED) is 0.435. The summed E-state index contributed by atoms with van der Waals surface area (Å²) in [6, 6.07) is 15.5. The topological polar surface area (TPSA) is 128 Å². The lowest BCUT2D eigenvalue weighted by Crippen LogP contribution is -2.48. The zero-order chi connectivity index (χ0) is 28.3. The van der Waals surface area contributed by atoms with E-state index in [1.165, 1.54) is 6.07 Å². The van der Waals surface area contributed by atoms with Gasteiger partial charge in [0.05, 0.1) is 35.8 Å². The van der Waals surface area contributed by atoms with Crippen LogP contribution in [0.15, 0.2) is 53.3 Å². The Labute approximate surface area is 231 Å². The van der Waals surface area contributed by atoms with Crippen molar-refractivity contribution in [1.82, 2.24) is 20.4 Å². The van der Waals surface area contributed by atoms with E-state index in [-0.39, 0.29) is 30.3 Å². The van der Waals surface area contributed by atoms with Gasteiger partial charge < -0.3 is 15.0 Å². The van der Waals surface area contributed by atoms with Crippen LogP contribution in [0.4, 0.5) is 0 Å². The molecule has 202 valence electrons. The maximum Gasteiger partial charge on any atom is 0.307 e. The van der Waals surface area contributed by atoms with Gasteiger partial charge in [0.1, 0.15) is 5.75 Å². The fourth-order valence-corrected chi connectivity index (χ4v) is 5.11. The van der Waals surface area contributed by atoms with E-state index in [2.05, 4.69) is 21.6 Å². The Hall–Kier alpha value is -4.16. The molecule has 1 aliphatic heterocycles. The summed E-state index contributed by atoms with van der Waals surface area (Å²) >= 11 is 6.22. The van der Waals surface area contributed by atoms with Gasteiger partial charge in [0.2, 0.25) is 5.91 Å². The molecular formula is C29H30ClN5O4. The van der Waals surface area contributed by atoms with Gasteiger partial charge in [0.15, 0.2) is 5.75 Å². The third-order valence-corrected chi connectivity index (χ3v) is 7.22. The van der Waals surface area contributed by atoms with Crippen LogP contribution >= 0.6 is 11.6 Å². The number of aromatic nitrogens is 2. The van der Waals surface area contributed by atoms with Crippen LogP contribution in [-0.4, -0.2) is 39.5 Å². The van der Waals surface area contributed by atoms with Crippen molar-refractivity contribution < 1.29 is 14.3 Å². The third-order valence-electron chi connectivity index (χ3n) is 6.98. The van der Waals surface area contributed by atoms with Gasteiger partial charge in [0.25, 0.3) is 5.91 Å². The minimum Gasteiger partial charge on any atom is -0.451 e. The summed E-state index contributed by atoms with van der Waals surface area (Å²) in [5, 5.41) is 19.3. The van der Waals surface area contributed by atoms with E-state index < -0.39 is 16.9 Å². The van der Waals surface area contributed by atoms with Gasteiger partial charge in [-0.15, -0.1) is 0 Å². The first-order chi connectivity index (χ1) is 18.5. The molecule has 10 heteroatoms. The summed E-state index contributed by atoms with van der Waals surface area (Å²) in [5.74, 6) is -0.182. The summed E-state index contributed by atoms with van der Waals surface area (Å²) in [5.41, 5.74) is 1.24. The SMILES string of the molecule is Cc1cc(Oc2ccc(C(=O)NCC(=O)N3C(c4cccc(Cl)c4)CC[C@@H]3C(C)(C)C#N)cc2C)c(=O)[nH]n1. The highest BCUT2D eigenvalue weighted by atomic mass is 35.5. The number of amides is 2. The minimum absolute atomic E-state index is 0.100. The van der Waals surface area contributed by atoms with Crippen molar-refractivity contribution in [3.8, 4) is 17.6 Å². The first-order valence-corrected chi connectivity index (χ1v) is 13.0. The molecule has 1 unspecified atom stereocenters. The van der Waals surface area contributed by atoms with Gasteiger partial charge in [-0.25, -0.2) is 5.10 Å². The lowest BCUT2D eigenvalue weighted by atomic mass is 9.84. The molecule has 1 aliphatic rings. The monoisotopic (exact) mass is 547 g/mol. The van der Waals surface area contributed by atoms with Crippen LogP contribution in [0.2, 0.25) is 5.02 Å². The largest absolute Gasteiger partial charge is 0.451 e. The van der Waals surface area contributed by atoms with E-state index in [9.17, 15) is 19.6 Å². The maximum atomic E-state index is 13.5. The number of nitrogens with one attached hydrogen (secondary N) is 2. The van der Waals surface area contributed by atoms with Gasteiger partial charge in [-0.3, -0.25) is 14.4 Å². The number of carbonyl (C=O) groups is 2. The van der Waals surface area contributed by atoms with Crippen molar-refractivity contribution >= 4 is 23.4 Å². The fraction of sp³-hybridized carbons (Fsp3) is 0.345. The van der Waals surface area contributed by atoms with E-state index in [4.69, 9.17) is 16.3 Å². The first-order valence-electron chi connectivity index (χ1n) is 12.6. The average Bonchev–Trinajstić information content (AvgIpc) is 3.37. The molecule has 9 nitrogen and oxygen atoms in total. The van der Waals surface area contributed by atoms with E-state index in [0.717, 1.165) is 5.56 Å². The Balaban J connectivity index is 1.49. The molecule has 4 rings (SSSR count). The van der Waals surface area contributed by atoms with Crippen LogP contribution in [0, 0.1) is 30.6 Å². The molecule has 2 amide bonds. The number of halogens is 1. The van der Waals surface area contributed by atoms with E-state index in [1.54, 1.807) is 43.0 Å². The second kappa shape index (κ2) is 11.3. The molecule has 1 saturated heterocycles. The number of aryl methyl sites for hydroxylation is 2. The number of aromatic amines is 1. The number of nitrogens with zero attached hydrogens (tertiary/aromatic N) is 3. The summed E-state index contributed by atoms with van der Waals surface area (Å²) in [7, 11) is 0. The number of likely N-dealkylation sites (tertiary alicyclic amines) is 1. The molecule has 2 heterocycles. The van der Waals surface area contributed by atoms with Crippen molar-refractivity contribution in [2.75, 3.05) is 6.54 Å². The second-order valence-electron chi connectivity index (χ2n) is 10.3. The Morgan fingerprint density at radius 2 is 1.95 bits per heavy atom. The summed E-state index contributed by atoms with van der Waals surface area (Å²) in [4.78, 5) is 40.2. The number of benzene rings is 2. The van der Waals surface area contributed by atoms with Crippen molar-refractivity contribution in [3.63, 3.8) is 0 Å². The van der Waals surface area contributed by atoms with E-state index in [0.29, 0.717) is 40.4 Å². The summed E-state index contributed by atoms with van der Waals surface area (Å²) in [6.45, 7) is 6.91. The average molecular weight is 548 g/mol. The molecule has 39 heavy (non-hydrogen) atoms. The molecule has 1 fully saturated rings. The van der Waals surface area contributed by atoms with Crippen molar-refractivity contribution in [2.24, 2.45) is 5.41 Å². The van der Waals surface area contributed by atoms with Gasteiger partial charge in [-0.05, 0) is 82.0 Å². The highest BCUT2D eigenvalue weighted by molar-refractivity contribution is 6.30. The van der Waals surface area contributed by atoms with Crippen LogP contribution in [0.25, 0.3) is 0 Å². The van der Waals surface area contributed by atoms with Crippen LogP contribution in [0.5, 0.6) is 11.5 Å². The molecular weight excluding hydrogens is 518 g/mol. The van der Waals surface area contributed by atoms with Crippen molar-refractivity contribution in [1.29, 1.82) is 5.26 Å². The number of ether oxygens (including phenoxy) is 1. The zero-order valence-electron chi connectivity index (χ0n) is 22.2. The molecule has 2 atom stereocenters. The molecule has 0 aliphatic carbocycles. The highest BCUT2D eigenvalue weighted by Gasteiger charge is 2.45. The fourth-order valence-electron chi connectivity index (χ4n) is 4.91.